The van der Waals surface area contributed by atoms with Gasteiger partial charge in [-0.15, -0.1) is 0 Å². The Kier molecular flexibility index (Phi) is 4.57. The molecular formula is C12H16N2O. The molecule has 1 aromatic carbocycles. The molecule has 0 saturated heterocycles. The highest BCUT2D eigenvalue weighted by atomic mass is 16.1. The van der Waals surface area contributed by atoms with Crippen LogP contribution in [0.5, 0.6) is 0 Å². The van der Waals surface area contributed by atoms with Gasteiger partial charge in [0.05, 0.1) is 0 Å². The van der Waals surface area contributed by atoms with Gasteiger partial charge in [-0.2, -0.15) is 0 Å². The summed E-state index contributed by atoms with van der Waals surface area (Å²) in [5.41, 5.74) is 1.71. The maximum Gasteiger partial charge on any atom is 0.148 e. The summed E-state index contributed by atoms with van der Waals surface area (Å²) in [5.74, 6) is 0. The largest absolute Gasteiger partial charge is 0.361 e. The lowest BCUT2D eigenvalue weighted by atomic mass is 10.3. The van der Waals surface area contributed by atoms with E-state index in [9.17, 15) is 4.79 Å². The molecule has 0 saturated carbocycles. The molecule has 80 valence electrons. The number of para-hydroxylation sites is 1. The molecule has 0 atom stereocenters. The Hall–Kier alpha value is -1.61. The predicted octanol–water partition coefficient (Wildman–Crippen LogP) is 1.74. The van der Waals surface area contributed by atoms with Crippen molar-refractivity contribution in [1.82, 2.24) is 4.90 Å². The monoisotopic (exact) mass is 204 g/mol. The van der Waals surface area contributed by atoms with Gasteiger partial charge in [0, 0.05) is 24.0 Å². The molecule has 0 aliphatic carbocycles. The van der Waals surface area contributed by atoms with Crippen molar-refractivity contribution in [3.8, 4) is 0 Å². The highest BCUT2D eigenvalue weighted by molar-refractivity contribution is 5.74. The minimum Gasteiger partial charge on any atom is -0.361 e. The van der Waals surface area contributed by atoms with Gasteiger partial charge in [0.25, 0.3) is 0 Å². The molecule has 1 aromatic rings. The summed E-state index contributed by atoms with van der Waals surface area (Å²) in [6.45, 7) is 0.642. The molecule has 0 unspecified atom stereocenters. The molecule has 0 aromatic heterocycles. The molecule has 0 heterocycles. The lowest BCUT2D eigenvalue weighted by Gasteiger charge is -2.09. The number of nitrogens with one attached hydrogen (secondary N) is 1. The van der Waals surface area contributed by atoms with E-state index in [4.69, 9.17) is 0 Å². The van der Waals surface area contributed by atoms with Crippen LogP contribution in [0.1, 0.15) is 0 Å². The summed E-state index contributed by atoms with van der Waals surface area (Å²) in [4.78, 5) is 12.7. The van der Waals surface area contributed by atoms with Crippen LogP contribution in [-0.4, -0.2) is 31.8 Å². The van der Waals surface area contributed by atoms with Crippen molar-refractivity contribution in [3.05, 3.63) is 42.1 Å². The van der Waals surface area contributed by atoms with E-state index in [-0.39, 0.29) is 0 Å². The molecule has 0 amide bonds. The van der Waals surface area contributed by atoms with Gasteiger partial charge in [0.2, 0.25) is 0 Å². The number of rotatable bonds is 5. The van der Waals surface area contributed by atoms with E-state index in [1.165, 1.54) is 0 Å². The van der Waals surface area contributed by atoms with Gasteiger partial charge in [0.1, 0.15) is 6.29 Å². The van der Waals surface area contributed by atoms with Crippen LogP contribution in [0, 0.1) is 0 Å². The molecule has 0 fully saturated rings. The van der Waals surface area contributed by atoms with E-state index < -0.39 is 0 Å². The van der Waals surface area contributed by atoms with Crippen molar-refractivity contribution in [2.75, 3.05) is 26.0 Å². The Morgan fingerprint density at radius 3 is 2.53 bits per heavy atom. The Labute approximate surface area is 90.4 Å². The third-order valence-electron chi connectivity index (χ3n) is 1.85. The number of carbonyl (C=O) groups is 1. The summed E-state index contributed by atoms with van der Waals surface area (Å²) in [6, 6.07) is 9.75. The lowest BCUT2D eigenvalue weighted by Crippen LogP contribution is -2.16. The van der Waals surface area contributed by atoms with E-state index in [0.717, 1.165) is 17.5 Å². The fourth-order valence-corrected chi connectivity index (χ4v) is 1.19. The van der Waals surface area contributed by atoms with E-state index in [0.29, 0.717) is 6.54 Å². The van der Waals surface area contributed by atoms with Crippen LogP contribution in [0.15, 0.2) is 42.1 Å². The van der Waals surface area contributed by atoms with Gasteiger partial charge >= 0.3 is 0 Å². The minimum atomic E-state index is 0.642. The van der Waals surface area contributed by atoms with Crippen LogP contribution < -0.4 is 5.32 Å². The van der Waals surface area contributed by atoms with Crippen molar-refractivity contribution in [3.63, 3.8) is 0 Å². The summed E-state index contributed by atoms with van der Waals surface area (Å²) in [5, 5.41) is 3.08. The fraction of sp³-hybridized carbons (Fsp3) is 0.250. The van der Waals surface area contributed by atoms with Gasteiger partial charge in [0.15, 0.2) is 0 Å². The zero-order valence-corrected chi connectivity index (χ0v) is 9.10. The maximum atomic E-state index is 10.7. The standard InChI is InChI=1S/C12H16N2O/c1-14(2)9-11(10-15)8-13-12-6-4-3-5-7-12/h3-8,10,13H,9H2,1-2H3/b11-8-. The molecule has 1 rings (SSSR count). The summed E-state index contributed by atoms with van der Waals surface area (Å²) in [6.07, 6.45) is 2.61. The minimum absolute atomic E-state index is 0.642. The molecule has 1 N–H and O–H groups in total. The first-order chi connectivity index (χ1) is 7.22. The lowest BCUT2D eigenvalue weighted by molar-refractivity contribution is -0.105. The maximum absolute atomic E-state index is 10.7. The highest BCUT2D eigenvalue weighted by Gasteiger charge is 1.96. The smallest absolute Gasteiger partial charge is 0.148 e. The first-order valence-corrected chi connectivity index (χ1v) is 4.83. The van der Waals surface area contributed by atoms with Gasteiger partial charge < -0.3 is 10.2 Å². The quantitative estimate of drug-likeness (QED) is 0.585. The van der Waals surface area contributed by atoms with Gasteiger partial charge in [-0.25, -0.2) is 0 Å². The topological polar surface area (TPSA) is 32.3 Å². The zero-order chi connectivity index (χ0) is 11.1. The number of hydrogen-bond acceptors (Lipinski definition) is 3. The first-order valence-electron chi connectivity index (χ1n) is 4.83. The third-order valence-corrected chi connectivity index (χ3v) is 1.85. The van der Waals surface area contributed by atoms with Crippen molar-refractivity contribution in [2.24, 2.45) is 0 Å². The number of likely N-dealkylation sites (N-methyl/N-ethyl adjacent to an activating group) is 1. The number of aldehydes is 1. The molecule has 0 radical (unpaired) electrons. The molecule has 0 aliphatic rings. The molecule has 3 nitrogen and oxygen atoms in total. The number of hydrogen-bond donors (Lipinski definition) is 1. The third kappa shape index (κ3) is 4.42. The van der Waals surface area contributed by atoms with Gasteiger partial charge in [-0.1, -0.05) is 18.2 Å². The second-order valence-corrected chi connectivity index (χ2v) is 3.59. The predicted molar refractivity (Wildman–Crippen MR) is 62.8 cm³/mol. The van der Waals surface area contributed by atoms with Crippen molar-refractivity contribution in [1.29, 1.82) is 0 Å². The van der Waals surface area contributed by atoms with Crippen molar-refractivity contribution >= 4 is 12.0 Å². The summed E-state index contributed by atoms with van der Waals surface area (Å²) < 4.78 is 0. The number of nitrogens with zero attached hydrogens (tertiary/aromatic N) is 1. The van der Waals surface area contributed by atoms with Crippen molar-refractivity contribution in [2.45, 2.75) is 0 Å². The zero-order valence-electron chi connectivity index (χ0n) is 9.10. The Morgan fingerprint density at radius 1 is 1.33 bits per heavy atom. The number of anilines is 1. The molecule has 0 bridgehead atoms. The van der Waals surface area contributed by atoms with E-state index in [1.54, 1.807) is 6.20 Å². The highest BCUT2D eigenvalue weighted by Crippen LogP contribution is 2.05. The van der Waals surface area contributed by atoms with Crippen molar-refractivity contribution < 1.29 is 4.79 Å². The Morgan fingerprint density at radius 2 is 2.00 bits per heavy atom. The number of benzene rings is 1. The Bertz CT molecular complexity index is 331. The normalized spacial score (nSPS) is 11.5. The fourth-order valence-electron chi connectivity index (χ4n) is 1.19. The van der Waals surface area contributed by atoms with Crippen LogP contribution in [0.25, 0.3) is 0 Å². The van der Waals surface area contributed by atoms with E-state index in [2.05, 4.69) is 5.32 Å². The van der Waals surface area contributed by atoms with Crippen LogP contribution in [0.3, 0.4) is 0 Å². The number of carbonyl (C=O) groups excluding carboxylic acids is 1. The average Bonchev–Trinajstić information content (AvgIpc) is 2.25. The molecular weight excluding hydrogens is 188 g/mol. The molecule has 3 heteroatoms. The second kappa shape index (κ2) is 5.98. The molecule has 0 aliphatic heterocycles. The van der Waals surface area contributed by atoms with Crippen LogP contribution >= 0.6 is 0 Å². The summed E-state index contributed by atoms with van der Waals surface area (Å²) >= 11 is 0. The van der Waals surface area contributed by atoms with E-state index in [1.807, 2.05) is 49.3 Å². The molecule has 0 spiro atoms. The second-order valence-electron chi connectivity index (χ2n) is 3.59. The van der Waals surface area contributed by atoms with Crippen LogP contribution in [0.4, 0.5) is 5.69 Å². The first kappa shape index (κ1) is 11.5. The van der Waals surface area contributed by atoms with Gasteiger partial charge in [-0.3, -0.25) is 4.79 Å². The van der Waals surface area contributed by atoms with Crippen LogP contribution in [-0.2, 0) is 4.79 Å². The van der Waals surface area contributed by atoms with E-state index >= 15 is 0 Å². The van der Waals surface area contributed by atoms with Gasteiger partial charge in [-0.05, 0) is 26.2 Å². The average molecular weight is 204 g/mol. The summed E-state index contributed by atoms with van der Waals surface area (Å²) in [7, 11) is 3.86. The molecule has 15 heavy (non-hydrogen) atoms. The Balaban J connectivity index is 2.58. The van der Waals surface area contributed by atoms with Crippen LogP contribution in [0.2, 0.25) is 0 Å². The SMILES string of the molecule is CN(C)C/C(C=O)=C/Nc1ccccc1.